The molecular weight excluding hydrogens is 430 g/mol. The van der Waals surface area contributed by atoms with Gasteiger partial charge in [0.2, 0.25) is 0 Å². The molecule has 0 bridgehead atoms. The van der Waals surface area contributed by atoms with Crippen LogP contribution in [0.1, 0.15) is 24.8 Å². The van der Waals surface area contributed by atoms with Gasteiger partial charge >= 0.3 is 0 Å². The zero-order valence-electron chi connectivity index (χ0n) is 15.2. The van der Waals surface area contributed by atoms with Crippen molar-refractivity contribution >= 4 is 32.8 Å². The Kier molecular flexibility index (Phi) is 5.54. The van der Waals surface area contributed by atoms with Crippen molar-refractivity contribution in [3.05, 3.63) is 46.8 Å². The zero-order valence-corrected chi connectivity index (χ0v) is 16.8. The third-order valence-electron chi connectivity index (χ3n) is 5.10. The summed E-state index contributed by atoms with van der Waals surface area (Å²) in [5.41, 5.74) is 0.736. The molecule has 0 aliphatic carbocycles. The molecule has 1 fully saturated rings. The summed E-state index contributed by atoms with van der Waals surface area (Å²) in [6.07, 6.45) is 5.72. The fraction of sp³-hybridized carbons (Fsp3) is 0.421. The van der Waals surface area contributed by atoms with Crippen molar-refractivity contribution in [1.82, 2.24) is 25.1 Å². The van der Waals surface area contributed by atoms with E-state index in [2.05, 4.69) is 41.4 Å². The van der Waals surface area contributed by atoms with E-state index in [0.29, 0.717) is 18.7 Å². The van der Waals surface area contributed by atoms with Gasteiger partial charge in [-0.25, -0.2) is 9.97 Å². The monoisotopic (exact) mass is 450 g/mol. The molecule has 1 aliphatic heterocycles. The first-order valence-electron chi connectivity index (χ1n) is 9.28. The van der Waals surface area contributed by atoms with E-state index >= 15 is 0 Å². The highest BCUT2D eigenvalue weighted by atomic mass is 79.9. The molecule has 1 unspecified atom stereocenters. The lowest BCUT2D eigenvalue weighted by atomic mass is 10.1. The van der Waals surface area contributed by atoms with Gasteiger partial charge in [0.25, 0.3) is 5.92 Å². The van der Waals surface area contributed by atoms with Gasteiger partial charge < -0.3 is 5.32 Å². The van der Waals surface area contributed by atoms with Gasteiger partial charge in [-0.15, -0.1) is 0 Å². The third-order valence-corrected chi connectivity index (χ3v) is 5.63. The Bertz CT molecular complexity index is 930. The van der Waals surface area contributed by atoms with E-state index in [-0.39, 0.29) is 18.2 Å². The van der Waals surface area contributed by atoms with E-state index in [9.17, 15) is 8.78 Å². The van der Waals surface area contributed by atoms with E-state index in [1.165, 1.54) is 18.5 Å². The van der Waals surface area contributed by atoms with Crippen molar-refractivity contribution in [2.45, 2.75) is 31.2 Å². The fourth-order valence-corrected chi connectivity index (χ4v) is 3.86. The SMILES string of the molecule is FC(F)(CN1CCCC(Nc2ncnc3[nH]ncc23)CC1)c1ccc(Br)cc1. The number of hydrogen-bond donors (Lipinski definition) is 2. The number of aromatic amines is 1. The number of aromatic nitrogens is 4. The summed E-state index contributed by atoms with van der Waals surface area (Å²) in [4.78, 5) is 10.3. The van der Waals surface area contributed by atoms with E-state index < -0.39 is 5.92 Å². The zero-order chi connectivity index (χ0) is 19.6. The van der Waals surface area contributed by atoms with Crippen molar-refractivity contribution in [3.8, 4) is 0 Å². The highest BCUT2D eigenvalue weighted by Crippen LogP contribution is 2.31. The molecular formula is C19H21BrF2N6. The van der Waals surface area contributed by atoms with Crippen LogP contribution in [0.2, 0.25) is 0 Å². The van der Waals surface area contributed by atoms with Crippen LogP contribution in [0.25, 0.3) is 11.0 Å². The number of benzene rings is 1. The van der Waals surface area contributed by atoms with Crippen molar-refractivity contribution in [2.75, 3.05) is 25.0 Å². The minimum absolute atomic E-state index is 0.0537. The van der Waals surface area contributed by atoms with Crippen molar-refractivity contribution in [2.24, 2.45) is 0 Å². The molecule has 1 aromatic carbocycles. The first-order chi connectivity index (χ1) is 13.5. The maximum Gasteiger partial charge on any atom is 0.285 e. The molecule has 9 heteroatoms. The van der Waals surface area contributed by atoms with Gasteiger partial charge in [-0.3, -0.25) is 10.00 Å². The molecule has 1 atom stereocenters. The minimum atomic E-state index is -2.87. The largest absolute Gasteiger partial charge is 0.367 e. The second-order valence-electron chi connectivity index (χ2n) is 7.11. The van der Waals surface area contributed by atoms with Crippen molar-refractivity contribution in [1.29, 1.82) is 0 Å². The van der Waals surface area contributed by atoms with Crippen LogP contribution >= 0.6 is 15.9 Å². The fourth-order valence-electron chi connectivity index (χ4n) is 3.60. The Balaban J connectivity index is 1.38. The summed E-state index contributed by atoms with van der Waals surface area (Å²) in [5.74, 6) is -2.14. The van der Waals surface area contributed by atoms with Crippen LogP contribution in [0.5, 0.6) is 0 Å². The predicted molar refractivity (Wildman–Crippen MR) is 107 cm³/mol. The lowest BCUT2D eigenvalue weighted by molar-refractivity contribution is -0.0372. The molecule has 2 N–H and O–H groups in total. The number of fused-ring (bicyclic) bond motifs is 1. The molecule has 4 rings (SSSR count). The molecule has 2 aromatic heterocycles. The average molecular weight is 451 g/mol. The van der Waals surface area contributed by atoms with Crippen LogP contribution in [-0.2, 0) is 5.92 Å². The van der Waals surface area contributed by atoms with Crippen LogP contribution in [0, 0.1) is 0 Å². The Morgan fingerprint density at radius 3 is 2.82 bits per heavy atom. The number of halogens is 3. The van der Waals surface area contributed by atoms with Crippen LogP contribution in [0.15, 0.2) is 41.3 Å². The van der Waals surface area contributed by atoms with Gasteiger partial charge in [-0.1, -0.05) is 28.1 Å². The van der Waals surface area contributed by atoms with Crippen molar-refractivity contribution < 1.29 is 8.78 Å². The standard InChI is InChI=1S/C19H21BrF2N6/c20-14-5-3-13(4-6-14)19(21,22)11-28-8-1-2-15(7-9-28)26-17-16-10-25-27-18(16)24-12-23-17/h3-6,10,12,15H,1-2,7-9,11H2,(H2,23,24,25,26,27). The number of nitrogens with one attached hydrogen (secondary N) is 2. The Morgan fingerprint density at radius 1 is 1.18 bits per heavy atom. The second-order valence-corrected chi connectivity index (χ2v) is 8.03. The van der Waals surface area contributed by atoms with E-state index in [4.69, 9.17) is 0 Å². The van der Waals surface area contributed by atoms with Crippen LogP contribution in [0.4, 0.5) is 14.6 Å². The smallest absolute Gasteiger partial charge is 0.285 e. The molecule has 6 nitrogen and oxygen atoms in total. The number of anilines is 1. The number of H-pyrrole nitrogens is 1. The maximum atomic E-state index is 14.7. The Labute approximate surface area is 169 Å². The number of alkyl halides is 2. The third kappa shape index (κ3) is 4.30. The molecule has 0 radical (unpaired) electrons. The Hall–Kier alpha value is -2.13. The molecule has 1 aliphatic rings. The first kappa shape index (κ1) is 19.2. The Morgan fingerprint density at radius 2 is 2.00 bits per heavy atom. The number of likely N-dealkylation sites (tertiary alicyclic amines) is 1. The summed E-state index contributed by atoms with van der Waals surface area (Å²) < 4.78 is 30.2. The predicted octanol–water partition coefficient (Wildman–Crippen LogP) is 4.17. The molecule has 28 heavy (non-hydrogen) atoms. The minimum Gasteiger partial charge on any atom is -0.367 e. The lowest BCUT2D eigenvalue weighted by Crippen LogP contribution is -2.36. The topological polar surface area (TPSA) is 69.7 Å². The van der Waals surface area contributed by atoms with Crippen LogP contribution in [0.3, 0.4) is 0 Å². The van der Waals surface area contributed by atoms with E-state index in [1.807, 2.05) is 4.90 Å². The van der Waals surface area contributed by atoms with Crippen molar-refractivity contribution in [3.63, 3.8) is 0 Å². The maximum absolute atomic E-state index is 14.7. The van der Waals surface area contributed by atoms with E-state index in [1.54, 1.807) is 18.3 Å². The summed E-state index contributed by atoms with van der Waals surface area (Å²) in [6.45, 7) is 1.01. The summed E-state index contributed by atoms with van der Waals surface area (Å²) in [5, 5.41) is 11.1. The van der Waals surface area contributed by atoms with E-state index in [0.717, 1.165) is 34.9 Å². The molecule has 0 saturated carbocycles. The molecule has 1 saturated heterocycles. The second kappa shape index (κ2) is 8.08. The van der Waals surface area contributed by atoms with Gasteiger partial charge in [0.05, 0.1) is 18.1 Å². The number of hydrogen-bond acceptors (Lipinski definition) is 5. The lowest BCUT2D eigenvalue weighted by Gasteiger charge is -2.26. The number of rotatable bonds is 5. The normalized spacial score (nSPS) is 18.9. The summed E-state index contributed by atoms with van der Waals surface area (Å²) in [7, 11) is 0. The molecule has 0 amide bonds. The highest BCUT2D eigenvalue weighted by molar-refractivity contribution is 9.10. The van der Waals surface area contributed by atoms with Crippen LogP contribution < -0.4 is 5.32 Å². The number of nitrogens with zero attached hydrogens (tertiary/aromatic N) is 4. The van der Waals surface area contributed by atoms with Gasteiger partial charge in [0.15, 0.2) is 5.65 Å². The molecule has 0 spiro atoms. The molecule has 3 heterocycles. The summed E-state index contributed by atoms with van der Waals surface area (Å²) in [6, 6.07) is 6.46. The van der Waals surface area contributed by atoms with Gasteiger partial charge in [0, 0.05) is 22.6 Å². The van der Waals surface area contributed by atoms with Gasteiger partial charge in [0.1, 0.15) is 12.1 Å². The summed E-state index contributed by atoms with van der Waals surface area (Å²) >= 11 is 3.29. The average Bonchev–Trinajstić information content (AvgIpc) is 3.06. The van der Waals surface area contributed by atoms with Gasteiger partial charge in [-0.2, -0.15) is 13.9 Å². The molecule has 148 valence electrons. The highest BCUT2D eigenvalue weighted by Gasteiger charge is 2.34. The van der Waals surface area contributed by atoms with Crippen LogP contribution in [-0.4, -0.2) is 50.7 Å². The molecule has 3 aromatic rings. The quantitative estimate of drug-likeness (QED) is 0.610. The van der Waals surface area contributed by atoms with Gasteiger partial charge in [-0.05, 0) is 37.9 Å². The first-order valence-corrected chi connectivity index (χ1v) is 10.1.